The van der Waals surface area contributed by atoms with Gasteiger partial charge < -0.3 is 24.9 Å². The van der Waals surface area contributed by atoms with E-state index in [1.807, 2.05) is 12.1 Å². The highest BCUT2D eigenvalue weighted by molar-refractivity contribution is 5.86. The second-order valence-corrected chi connectivity index (χ2v) is 5.78. The second kappa shape index (κ2) is 8.84. The van der Waals surface area contributed by atoms with Gasteiger partial charge in [0.15, 0.2) is 5.96 Å². The molecule has 1 fully saturated rings. The van der Waals surface area contributed by atoms with Crippen molar-refractivity contribution < 1.29 is 9.21 Å². The summed E-state index contributed by atoms with van der Waals surface area (Å²) in [5.74, 6) is 2.07. The number of carbonyl (C=O) groups excluding carboxylic acids is 1. The van der Waals surface area contributed by atoms with Crippen LogP contribution in [0.3, 0.4) is 0 Å². The number of amides is 1. The number of nitrogens with zero attached hydrogens (tertiary/aromatic N) is 5. The summed E-state index contributed by atoms with van der Waals surface area (Å²) in [5.41, 5.74) is 0. The van der Waals surface area contributed by atoms with E-state index in [4.69, 9.17) is 4.42 Å². The fourth-order valence-electron chi connectivity index (χ4n) is 2.73. The van der Waals surface area contributed by atoms with Crippen LogP contribution < -0.4 is 15.5 Å². The largest absolute Gasteiger partial charge is 0.467 e. The van der Waals surface area contributed by atoms with Crippen molar-refractivity contribution in [2.24, 2.45) is 4.99 Å². The van der Waals surface area contributed by atoms with Crippen LogP contribution in [0.15, 0.2) is 46.3 Å². The van der Waals surface area contributed by atoms with Crippen LogP contribution in [-0.2, 0) is 11.3 Å². The molecule has 9 nitrogen and oxygen atoms in total. The highest BCUT2D eigenvalue weighted by Crippen LogP contribution is 2.09. The lowest BCUT2D eigenvalue weighted by Gasteiger charge is -2.36. The molecule has 1 aliphatic heterocycles. The SMILES string of the molecule is CN=C(NCC(=O)NCc1ccco1)N1CCN(c2ncccn2)CC1. The zero-order valence-corrected chi connectivity index (χ0v) is 14.8. The molecule has 0 radical (unpaired) electrons. The van der Waals surface area contributed by atoms with Crippen LogP contribution in [0.2, 0.25) is 0 Å². The standard InChI is InChI=1S/C17H23N7O2/c1-18-16(22-13-15(25)21-12-14-4-2-11-26-14)23-7-9-24(10-8-23)17-19-5-3-6-20-17/h2-6,11H,7-10,12-13H2,1H3,(H,18,22)(H,21,25). The monoisotopic (exact) mass is 357 g/mol. The molecule has 2 aromatic heterocycles. The van der Waals surface area contributed by atoms with Gasteiger partial charge in [-0.3, -0.25) is 9.79 Å². The van der Waals surface area contributed by atoms with E-state index in [2.05, 4.69) is 35.4 Å². The summed E-state index contributed by atoms with van der Waals surface area (Å²) < 4.78 is 5.19. The van der Waals surface area contributed by atoms with Crippen molar-refractivity contribution in [3.8, 4) is 0 Å². The minimum atomic E-state index is -0.112. The molecule has 0 saturated carbocycles. The fraction of sp³-hybridized carbons (Fsp3) is 0.412. The Morgan fingerprint density at radius 3 is 2.62 bits per heavy atom. The van der Waals surface area contributed by atoms with E-state index in [0.717, 1.165) is 37.9 Å². The molecular weight excluding hydrogens is 334 g/mol. The Kier molecular flexibility index (Phi) is 6.02. The third-order valence-corrected chi connectivity index (χ3v) is 4.07. The van der Waals surface area contributed by atoms with E-state index in [0.29, 0.717) is 12.5 Å². The topological polar surface area (TPSA) is 98.9 Å². The summed E-state index contributed by atoms with van der Waals surface area (Å²) in [4.78, 5) is 29.1. The lowest BCUT2D eigenvalue weighted by molar-refractivity contribution is -0.120. The molecule has 0 unspecified atom stereocenters. The molecular formula is C17H23N7O2. The first-order chi connectivity index (χ1) is 12.8. The van der Waals surface area contributed by atoms with Crippen molar-refractivity contribution in [1.82, 2.24) is 25.5 Å². The molecule has 0 aliphatic carbocycles. The number of aliphatic imine (C=N–C) groups is 1. The molecule has 0 spiro atoms. The van der Waals surface area contributed by atoms with Gasteiger partial charge >= 0.3 is 0 Å². The molecule has 9 heteroatoms. The Bertz CT molecular complexity index is 710. The van der Waals surface area contributed by atoms with E-state index in [9.17, 15) is 4.79 Å². The third kappa shape index (κ3) is 4.71. The van der Waals surface area contributed by atoms with Gasteiger partial charge in [-0.2, -0.15) is 0 Å². The quantitative estimate of drug-likeness (QED) is 0.578. The van der Waals surface area contributed by atoms with Crippen LogP contribution in [0.5, 0.6) is 0 Å². The molecule has 0 bridgehead atoms. The van der Waals surface area contributed by atoms with Crippen molar-refractivity contribution in [2.45, 2.75) is 6.54 Å². The number of furan rings is 1. The van der Waals surface area contributed by atoms with Gasteiger partial charge in [-0.15, -0.1) is 0 Å². The van der Waals surface area contributed by atoms with E-state index in [1.165, 1.54) is 0 Å². The van der Waals surface area contributed by atoms with Crippen molar-refractivity contribution in [1.29, 1.82) is 0 Å². The smallest absolute Gasteiger partial charge is 0.239 e. The van der Waals surface area contributed by atoms with Gasteiger partial charge in [0.2, 0.25) is 11.9 Å². The zero-order chi connectivity index (χ0) is 18.2. The molecule has 2 N–H and O–H groups in total. The molecule has 1 amide bonds. The first kappa shape index (κ1) is 17.7. The third-order valence-electron chi connectivity index (χ3n) is 4.07. The summed E-state index contributed by atoms with van der Waals surface area (Å²) >= 11 is 0. The van der Waals surface area contributed by atoms with Crippen molar-refractivity contribution in [3.05, 3.63) is 42.6 Å². The molecule has 3 heterocycles. The Morgan fingerprint density at radius 1 is 1.19 bits per heavy atom. The summed E-state index contributed by atoms with van der Waals surface area (Å²) in [6.07, 6.45) is 5.08. The maximum absolute atomic E-state index is 12.0. The van der Waals surface area contributed by atoms with Crippen molar-refractivity contribution >= 4 is 17.8 Å². The fourth-order valence-corrected chi connectivity index (χ4v) is 2.73. The van der Waals surface area contributed by atoms with Gasteiger partial charge in [0.05, 0.1) is 19.4 Å². The van der Waals surface area contributed by atoms with Gasteiger partial charge in [0.1, 0.15) is 5.76 Å². The van der Waals surface area contributed by atoms with Crippen LogP contribution >= 0.6 is 0 Å². The first-order valence-electron chi connectivity index (χ1n) is 8.53. The van der Waals surface area contributed by atoms with E-state index in [-0.39, 0.29) is 12.5 Å². The van der Waals surface area contributed by atoms with Gasteiger partial charge in [-0.1, -0.05) is 0 Å². The maximum Gasteiger partial charge on any atom is 0.239 e. The van der Waals surface area contributed by atoms with Crippen LogP contribution in [0, 0.1) is 0 Å². The number of nitrogens with one attached hydrogen (secondary N) is 2. The molecule has 26 heavy (non-hydrogen) atoms. The Morgan fingerprint density at radius 2 is 1.96 bits per heavy atom. The summed E-state index contributed by atoms with van der Waals surface area (Å²) in [5, 5.41) is 5.91. The second-order valence-electron chi connectivity index (χ2n) is 5.78. The Hall–Kier alpha value is -3.10. The molecule has 0 atom stereocenters. The summed E-state index contributed by atoms with van der Waals surface area (Å²) in [6.45, 7) is 3.71. The number of piperazine rings is 1. The molecule has 3 rings (SSSR count). The van der Waals surface area contributed by atoms with Gasteiger partial charge in [-0.05, 0) is 18.2 Å². The number of carbonyl (C=O) groups is 1. The number of aromatic nitrogens is 2. The predicted octanol–water partition coefficient (Wildman–Crippen LogP) is 0.0834. The lowest BCUT2D eigenvalue weighted by atomic mass is 10.3. The minimum Gasteiger partial charge on any atom is -0.467 e. The van der Waals surface area contributed by atoms with Crippen LogP contribution in [-0.4, -0.2) is 66.5 Å². The average Bonchev–Trinajstić information content (AvgIpc) is 3.22. The van der Waals surface area contributed by atoms with Gasteiger partial charge in [-0.25, -0.2) is 9.97 Å². The highest BCUT2D eigenvalue weighted by atomic mass is 16.3. The van der Waals surface area contributed by atoms with Gasteiger partial charge in [0, 0.05) is 45.6 Å². The van der Waals surface area contributed by atoms with E-state index < -0.39 is 0 Å². The maximum atomic E-state index is 12.0. The number of hydrogen-bond acceptors (Lipinski definition) is 6. The normalized spacial score (nSPS) is 15.0. The van der Waals surface area contributed by atoms with E-state index >= 15 is 0 Å². The molecule has 0 aromatic carbocycles. The number of guanidine groups is 1. The minimum absolute atomic E-state index is 0.112. The zero-order valence-electron chi connectivity index (χ0n) is 14.8. The van der Waals surface area contributed by atoms with Gasteiger partial charge in [0.25, 0.3) is 0 Å². The number of anilines is 1. The van der Waals surface area contributed by atoms with Crippen LogP contribution in [0.25, 0.3) is 0 Å². The summed E-state index contributed by atoms with van der Waals surface area (Å²) in [7, 11) is 1.72. The van der Waals surface area contributed by atoms with Crippen molar-refractivity contribution in [3.63, 3.8) is 0 Å². The average molecular weight is 357 g/mol. The molecule has 2 aromatic rings. The molecule has 1 saturated heterocycles. The molecule has 138 valence electrons. The lowest BCUT2D eigenvalue weighted by Crippen LogP contribution is -2.54. The van der Waals surface area contributed by atoms with E-state index in [1.54, 1.807) is 31.8 Å². The highest BCUT2D eigenvalue weighted by Gasteiger charge is 2.21. The number of rotatable bonds is 5. The van der Waals surface area contributed by atoms with Crippen molar-refractivity contribution in [2.75, 3.05) is 44.7 Å². The number of hydrogen-bond donors (Lipinski definition) is 2. The summed E-state index contributed by atoms with van der Waals surface area (Å²) in [6, 6.07) is 5.42. The Balaban J connectivity index is 1.42. The predicted molar refractivity (Wildman–Crippen MR) is 97.7 cm³/mol. The Labute approximate surface area is 152 Å². The first-order valence-corrected chi connectivity index (χ1v) is 8.53. The van der Waals surface area contributed by atoms with Crippen LogP contribution in [0.1, 0.15) is 5.76 Å². The van der Waals surface area contributed by atoms with Crippen LogP contribution in [0.4, 0.5) is 5.95 Å². The molecule has 1 aliphatic rings.